The van der Waals surface area contributed by atoms with Gasteiger partial charge in [0.25, 0.3) is 0 Å². The first kappa shape index (κ1) is 14.8. The number of carbonyl (C=O) groups is 1. The Hall–Kier alpha value is -0.610. The molecule has 4 heteroatoms. The molecule has 0 aromatic heterocycles. The molecule has 2 unspecified atom stereocenters. The van der Waals surface area contributed by atoms with Crippen LogP contribution in [0.2, 0.25) is 0 Å². The number of carbonyl (C=O) groups excluding carboxylic acids is 1. The van der Waals surface area contributed by atoms with E-state index in [0.29, 0.717) is 6.61 Å². The zero-order valence-corrected chi connectivity index (χ0v) is 12.2. The zero-order valence-electron chi connectivity index (χ0n) is 12.2. The van der Waals surface area contributed by atoms with Gasteiger partial charge in [-0.2, -0.15) is 0 Å². The Kier molecular flexibility index (Phi) is 5.22. The smallest absolute Gasteiger partial charge is 0.326 e. The topological polar surface area (TPSA) is 47.6 Å². The van der Waals surface area contributed by atoms with Gasteiger partial charge in [-0.25, -0.2) is 0 Å². The molecule has 0 bridgehead atoms. The highest BCUT2D eigenvalue weighted by Gasteiger charge is 2.44. The number of likely N-dealkylation sites (N-methyl/N-ethyl adjacent to an activating group) is 1. The van der Waals surface area contributed by atoms with E-state index >= 15 is 0 Å². The van der Waals surface area contributed by atoms with Crippen LogP contribution in [0, 0.1) is 5.92 Å². The van der Waals surface area contributed by atoms with E-state index in [-0.39, 0.29) is 12.1 Å². The molecule has 0 heterocycles. The molecule has 0 saturated heterocycles. The van der Waals surface area contributed by atoms with Gasteiger partial charge in [0.15, 0.2) is 0 Å². The van der Waals surface area contributed by atoms with Crippen molar-refractivity contribution >= 4 is 5.97 Å². The minimum atomic E-state index is -0.517. The SMILES string of the molecule is CCNC1(C(=O)OCC)CCCC(OCC2CC2)C1. The van der Waals surface area contributed by atoms with Gasteiger partial charge in [0, 0.05) is 13.0 Å². The minimum absolute atomic E-state index is 0.100. The van der Waals surface area contributed by atoms with Gasteiger partial charge < -0.3 is 14.8 Å². The Bertz CT molecular complexity index is 300. The van der Waals surface area contributed by atoms with Crippen LogP contribution in [0.5, 0.6) is 0 Å². The summed E-state index contributed by atoms with van der Waals surface area (Å²) in [5, 5.41) is 3.36. The molecule has 2 fully saturated rings. The predicted octanol–water partition coefficient (Wildman–Crippen LogP) is 2.27. The third kappa shape index (κ3) is 3.93. The van der Waals surface area contributed by atoms with Crippen molar-refractivity contribution in [3.8, 4) is 0 Å². The summed E-state index contributed by atoms with van der Waals surface area (Å²) in [6.07, 6.45) is 6.54. The number of rotatable bonds is 7. The molecular formula is C15H27NO3. The van der Waals surface area contributed by atoms with Crippen LogP contribution in [0.25, 0.3) is 0 Å². The molecule has 2 saturated carbocycles. The maximum atomic E-state index is 12.3. The van der Waals surface area contributed by atoms with Gasteiger partial charge in [-0.3, -0.25) is 4.79 Å². The summed E-state index contributed by atoms with van der Waals surface area (Å²) < 4.78 is 11.3. The second kappa shape index (κ2) is 6.71. The number of ether oxygens (including phenoxy) is 2. The maximum Gasteiger partial charge on any atom is 0.326 e. The second-order valence-electron chi connectivity index (χ2n) is 5.83. The van der Waals surface area contributed by atoms with Crippen LogP contribution < -0.4 is 5.32 Å². The van der Waals surface area contributed by atoms with Gasteiger partial charge in [0.2, 0.25) is 0 Å². The maximum absolute atomic E-state index is 12.3. The Morgan fingerprint density at radius 1 is 1.32 bits per heavy atom. The molecule has 0 aromatic rings. The monoisotopic (exact) mass is 269 g/mol. The first-order valence-electron chi connectivity index (χ1n) is 7.74. The van der Waals surface area contributed by atoms with Crippen LogP contribution in [-0.2, 0) is 14.3 Å². The molecule has 2 aliphatic rings. The van der Waals surface area contributed by atoms with Crippen LogP contribution in [0.15, 0.2) is 0 Å². The van der Waals surface area contributed by atoms with E-state index in [9.17, 15) is 4.79 Å². The first-order chi connectivity index (χ1) is 9.20. The highest BCUT2D eigenvalue weighted by atomic mass is 16.5. The standard InChI is InChI=1S/C15H27NO3/c1-3-16-15(14(17)18-4-2)9-5-6-13(10-15)19-11-12-7-8-12/h12-13,16H,3-11H2,1-2H3. The van der Waals surface area contributed by atoms with E-state index in [1.807, 2.05) is 13.8 Å². The van der Waals surface area contributed by atoms with E-state index in [2.05, 4.69) is 5.32 Å². The molecule has 110 valence electrons. The second-order valence-corrected chi connectivity index (χ2v) is 5.83. The third-order valence-electron chi connectivity index (χ3n) is 4.15. The van der Waals surface area contributed by atoms with Crippen molar-refractivity contribution in [1.82, 2.24) is 5.32 Å². The van der Waals surface area contributed by atoms with Gasteiger partial charge >= 0.3 is 5.97 Å². The molecular weight excluding hydrogens is 242 g/mol. The predicted molar refractivity (Wildman–Crippen MR) is 74.0 cm³/mol. The van der Waals surface area contributed by atoms with Crippen LogP contribution >= 0.6 is 0 Å². The van der Waals surface area contributed by atoms with Crippen molar-refractivity contribution in [2.45, 2.75) is 64.0 Å². The lowest BCUT2D eigenvalue weighted by Gasteiger charge is -2.39. The van der Waals surface area contributed by atoms with Gasteiger partial charge in [0.1, 0.15) is 5.54 Å². The van der Waals surface area contributed by atoms with E-state index in [0.717, 1.165) is 44.8 Å². The number of hydrogen-bond acceptors (Lipinski definition) is 4. The molecule has 19 heavy (non-hydrogen) atoms. The van der Waals surface area contributed by atoms with Crippen molar-refractivity contribution in [2.75, 3.05) is 19.8 Å². The summed E-state index contributed by atoms with van der Waals surface area (Å²) in [7, 11) is 0. The summed E-state index contributed by atoms with van der Waals surface area (Å²) in [4.78, 5) is 12.3. The van der Waals surface area contributed by atoms with Crippen molar-refractivity contribution in [3.63, 3.8) is 0 Å². The zero-order chi connectivity index (χ0) is 13.7. The van der Waals surface area contributed by atoms with Crippen molar-refractivity contribution in [2.24, 2.45) is 5.92 Å². The Balaban J connectivity index is 1.93. The van der Waals surface area contributed by atoms with Crippen molar-refractivity contribution < 1.29 is 14.3 Å². The Morgan fingerprint density at radius 2 is 2.11 bits per heavy atom. The fourth-order valence-corrected chi connectivity index (χ4v) is 2.95. The molecule has 0 spiro atoms. The average molecular weight is 269 g/mol. The Morgan fingerprint density at radius 3 is 2.74 bits per heavy atom. The number of esters is 1. The van der Waals surface area contributed by atoms with E-state index in [4.69, 9.17) is 9.47 Å². The first-order valence-corrected chi connectivity index (χ1v) is 7.74. The van der Waals surface area contributed by atoms with Crippen molar-refractivity contribution in [3.05, 3.63) is 0 Å². The summed E-state index contributed by atoms with van der Waals surface area (Å²) in [6.45, 7) is 6.00. The number of hydrogen-bond donors (Lipinski definition) is 1. The van der Waals surface area contributed by atoms with E-state index in [1.54, 1.807) is 0 Å². The summed E-state index contributed by atoms with van der Waals surface area (Å²) in [5.41, 5.74) is -0.517. The average Bonchev–Trinajstić information content (AvgIpc) is 3.21. The fourth-order valence-electron chi connectivity index (χ4n) is 2.95. The summed E-state index contributed by atoms with van der Waals surface area (Å²) >= 11 is 0. The molecule has 0 radical (unpaired) electrons. The number of nitrogens with one attached hydrogen (secondary N) is 1. The highest BCUT2D eigenvalue weighted by Crippen LogP contribution is 2.34. The van der Waals surface area contributed by atoms with Crippen LogP contribution in [-0.4, -0.2) is 37.4 Å². The van der Waals surface area contributed by atoms with Crippen molar-refractivity contribution in [1.29, 1.82) is 0 Å². The van der Waals surface area contributed by atoms with Gasteiger partial charge in [-0.15, -0.1) is 0 Å². The highest BCUT2D eigenvalue weighted by molar-refractivity contribution is 5.81. The normalized spacial score (nSPS) is 31.2. The van der Waals surface area contributed by atoms with Crippen LogP contribution in [0.3, 0.4) is 0 Å². The molecule has 0 aromatic carbocycles. The molecule has 4 nitrogen and oxygen atoms in total. The fraction of sp³-hybridized carbons (Fsp3) is 0.933. The van der Waals surface area contributed by atoms with E-state index < -0.39 is 5.54 Å². The molecule has 2 rings (SSSR count). The van der Waals surface area contributed by atoms with Crippen LogP contribution in [0.4, 0.5) is 0 Å². The Labute approximate surface area is 116 Å². The van der Waals surface area contributed by atoms with Crippen LogP contribution in [0.1, 0.15) is 52.4 Å². The van der Waals surface area contributed by atoms with Gasteiger partial charge in [-0.05, 0) is 51.5 Å². The third-order valence-corrected chi connectivity index (χ3v) is 4.15. The van der Waals surface area contributed by atoms with Gasteiger partial charge in [0.05, 0.1) is 12.7 Å². The molecule has 1 N–H and O–H groups in total. The van der Waals surface area contributed by atoms with Gasteiger partial charge in [-0.1, -0.05) is 6.92 Å². The molecule has 2 aliphatic carbocycles. The molecule has 0 amide bonds. The lowest BCUT2D eigenvalue weighted by Crippen LogP contribution is -2.56. The van der Waals surface area contributed by atoms with E-state index in [1.165, 1.54) is 12.8 Å². The molecule has 2 atom stereocenters. The minimum Gasteiger partial charge on any atom is -0.465 e. The lowest BCUT2D eigenvalue weighted by atomic mass is 9.80. The lowest BCUT2D eigenvalue weighted by molar-refractivity contribution is -0.155. The molecule has 0 aliphatic heterocycles. The quantitative estimate of drug-likeness (QED) is 0.720. The summed E-state index contributed by atoms with van der Waals surface area (Å²) in [5.74, 6) is 0.676. The summed E-state index contributed by atoms with van der Waals surface area (Å²) in [6, 6.07) is 0. The largest absolute Gasteiger partial charge is 0.465 e.